The van der Waals surface area contributed by atoms with E-state index in [2.05, 4.69) is 33.9 Å². The summed E-state index contributed by atoms with van der Waals surface area (Å²) in [4.78, 5) is 23.3. The molecule has 30 heavy (non-hydrogen) atoms. The van der Waals surface area contributed by atoms with E-state index in [9.17, 15) is 4.57 Å². The maximum Gasteiger partial charge on any atom is 0.469 e. The fourth-order valence-electron chi connectivity index (χ4n) is 3.78. The van der Waals surface area contributed by atoms with Crippen molar-refractivity contribution in [3.8, 4) is 0 Å². The summed E-state index contributed by atoms with van der Waals surface area (Å²) in [6.07, 6.45) is 2.96. The first-order valence-electron chi connectivity index (χ1n) is 10.0. The maximum absolute atomic E-state index is 10.9. The largest absolute Gasteiger partial charge is 0.469 e. The number of phosphoric acid groups is 1. The van der Waals surface area contributed by atoms with Gasteiger partial charge in [0.2, 0.25) is 0 Å². The lowest BCUT2D eigenvalue weighted by Crippen LogP contribution is -2.41. The molecule has 0 unspecified atom stereocenters. The lowest BCUT2D eigenvalue weighted by Gasteiger charge is -2.24. The van der Waals surface area contributed by atoms with Crippen LogP contribution in [0.3, 0.4) is 0 Å². The maximum atomic E-state index is 10.9. The molecule has 1 aliphatic rings. The Kier molecular flexibility index (Phi) is 7.45. The van der Waals surface area contributed by atoms with Crippen LogP contribution in [0.5, 0.6) is 0 Å². The third kappa shape index (κ3) is 6.76. The number of benzene rings is 2. The molecule has 2 atom stereocenters. The summed E-state index contributed by atoms with van der Waals surface area (Å²) in [7, 11) is -4.50. The van der Waals surface area contributed by atoms with Crippen LogP contribution in [0.15, 0.2) is 59.8 Å². The van der Waals surface area contributed by atoms with E-state index in [0.29, 0.717) is 19.4 Å². The summed E-state index contributed by atoms with van der Waals surface area (Å²) in [6, 6.07) is 18.3. The Balaban J connectivity index is 1.51. The van der Waals surface area contributed by atoms with Crippen LogP contribution < -0.4 is 5.73 Å². The van der Waals surface area contributed by atoms with Gasteiger partial charge in [-0.3, -0.25) is 4.52 Å². The van der Waals surface area contributed by atoms with Crippen molar-refractivity contribution in [2.45, 2.75) is 44.1 Å². The van der Waals surface area contributed by atoms with Gasteiger partial charge in [0.15, 0.2) is 0 Å². The second-order valence-electron chi connectivity index (χ2n) is 7.93. The minimum absolute atomic E-state index is 0.141. The van der Waals surface area contributed by atoms with Crippen LogP contribution in [0.25, 0.3) is 0 Å². The van der Waals surface area contributed by atoms with Gasteiger partial charge >= 0.3 is 7.82 Å². The molecule has 8 heteroatoms. The van der Waals surface area contributed by atoms with E-state index in [4.69, 9.17) is 20.4 Å². The summed E-state index contributed by atoms with van der Waals surface area (Å²) in [5.41, 5.74) is 9.73. The van der Waals surface area contributed by atoms with Crippen molar-refractivity contribution in [1.29, 1.82) is 0 Å². The summed E-state index contributed by atoms with van der Waals surface area (Å²) in [5.74, 6) is 0.240. The SMILES string of the molecule is C/C(=N\OCCc1ccccc1)c1ccc([C@H]2CC[C@](N)(COP(=O)(O)O)C2)cc1. The molecule has 2 aromatic rings. The normalized spacial score (nSPS) is 22.3. The van der Waals surface area contributed by atoms with E-state index in [1.54, 1.807) is 0 Å². The van der Waals surface area contributed by atoms with Gasteiger partial charge in [0.05, 0.1) is 12.3 Å². The number of nitrogens with two attached hydrogens (primary N) is 1. The Hall–Kier alpha value is -2.02. The van der Waals surface area contributed by atoms with Gasteiger partial charge in [0, 0.05) is 12.0 Å². The van der Waals surface area contributed by atoms with Gasteiger partial charge < -0.3 is 20.4 Å². The molecule has 2 aromatic carbocycles. The second-order valence-corrected chi connectivity index (χ2v) is 9.17. The highest BCUT2D eigenvalue weighted by atomic mass is 31.2. The Bertz CT molecular complexity index is 898. The average molecular weight is 432 g/mol. The van der Waals surface area contributed by atoms with Crippen molar-refractivity contribution in [2.75, 3.05) is 13.2 Å². The lowest BCUT2D eigenvalue weighted by molar-refractivity contribution is 0.147. The minimum Gasteiger partial charge on any atom is -0.395 e. The molecule has 7 nitrogen and oxygen atoms in total. The number of oxime groups is 1. The van der Waals surface area contributed by atoms with Crippen molar-refractivity contribution in [2.24, 2.45) is 10.9 Å². The number of phosphoric ester groups is 1. The topological polar surface area (TPSA) is 114 Å². The molecule has 0 radical (unpaired) electrons. The average Bonchev–Trinajstić information content (AvgIpc) is 3.13. The molecular formula is C22H29N2O5P. The molecule has 1 aliphatic carbocycles. The second kappa shape index (κ2) is 9.86. The van der Waals surface area contributed by atoms with E-state index in [1.807, 2.05) is 37.3 Å². The monoisotopic (exact) mass is 432 g/mol. The number of rotatable bonds is 9. The van der Waals surface area contributed by atoms with Gasteiger partial charge in [0.1, 0.15) is 6.61 Å². The molecule has 3 rings (SSSR count). The molecule has 0 amide bonds. The minimum atomic E-state index is -4.50. The van der Waals surface area contributed by atoms with Gasteiger partial charge in [-0.15, -0.1) is 0 Å². The zero-order valence-corrected chi connectivity index (χ0v) is 18.0. The highest BCUT2D eigenvalue weighted by molar-refractivity contribution is 7.46. The summed E-state index contributed by atoms with van der Waals surface area (Å²) < 4.78 is 15.6. The molecule has 162 valence electrons. The van der Waals surface area contributed by atoms with E-state index >= 15 is 0 Å². The lowest BCUT2D eigenvalue weighted by atomic mass is 9.93. The fourth-order valence-corrected chi connectivity index (χ4v) is 4.21. The smallest absolute Gasteiger partial charge is 0.395 e. The summed E-state index contributed by atoms with van der Waals surface area (Å²) in [5, 5.41) is 4.21. The van der Waals surface area contributed by atoms with Gasteiger partial charge in [0.25, 0.3) is 0 Å². The van der Waals surface area contributed by atoms with Gasteiger partial charge in [-0.25, -0.2) is 4.57 Å². The zero-order chi connectivity index (χ0) is 21.6. The molecule has 0 aromatic heterocycles. The van der Waals surface area contributed by atoms with Crippen LogP contribution in [0.1, 0.15) is 48.8 Å². The summed E-state index contributed by atoms with van der Waals surface area (Å²) >= 11 is 0. The fraction of sp³-hybridized carbons (Fsp3) is 0.409. The van der Waals surface area contributed by atoms with Crippen molar-refractivity contribution >= 4 is 13.5 Å². The predicted molar refractivity (Wildman–Crippen MR) is 116 cm³/mol. The van der Waals surface area contributed by atoms with Gasteiger partial charge in [-0.05, 0) is 48.8 Å². The van der Waals surface area contributed by atoms with Crippen LogP contribution in [0, 0.1) is 0 Å². The van der Waals surface area contributed by atoms with Crippen molar-refractivity contribution in [3.05, 3.63) is 71.3 Å². The van der Waals surface area contributed by atoms with Crippen LogP contribution in [-0.4, -0.2) is 34.3 Å². The van der Waals surface area contributed by atoms with E-state index < -0.39 is 13.4 Å². The highest BCUT2D eigenvalue weighted by Gasteiger charge is 2.38. The first kappa shape index (κ1) is 22.7. The molecule has 1 fully saturated rings. The predicted octanol–water partition coefficient (Wildman–Crippen LogP) is 3.74. The number of hydrogen-bond donors (Lipinski definition) is 3. The van der Waals surface area contributed by atoms with E-state index in [-0.39, 0.29) is 12.5 Å². The van der Waals surface area contributed by atoms with Gasteiger partial charge in [-0.1, -0.05) is 59.8 Å². The first-order chi connectivity index (χ1) is 14.2. The van der Waals surface area contributed by atoms with Crippen LogP contribution in [0.4, 0.5) is 0 Å². The molecule has 0 aliphatic heterocycles. The third-order valence-electron chi connectivity index (χ3n) is 5.49. The van der Waals surface area contributed by atoms with Crippen molar-refractivity contribution in [1.82, 2.24) is 0 Å². The van der Waals surface area contributed by atoms with Crippen molar-refractivity contribution in [3.63, 3.8) is 0 Å². The third-order valence-corrected chi connectivity index (χ3v) is 5.96. The quantitative estimate of drug-likeness (QED) is 0.241. The van der Waals surface area contributed by atoms with Crippen LogP contribution in [-0.2, 0) is 20.3 Å². The number of hydrogen-bond acceptors (Lipinski definition) is 5. The van der Waals surface area contributed by atoms with Gasteiger partial charge in [-0.2, -0.15) is 0 Å². The number of nitrogens with zero attached hydrogens (tertiary/aromatic N) is 1. The molecule has 4 N–H and O–H groups in total. The van der Waals surface area contributed by atoms with E-state index in [0.717, 1.165) is 29.7 Å². The molecular weight excluding hydrogens is 403 g/mol. The van der Waals surface area contributed by atoms with Crippen molar-refractivity contribution < 1.29 is 23.7 Å². The molecule has 0 bridgehead atoms. The molecule has 1 saturated carbocycles. The van der Waals surface area contributed by atoms with E-state index in [1.165, 1.54) is 5.56 Å². The highest BCUT2D eigenvalue weighted by Crippen LogP contribution is 2.43. The standard InChI is InChI=1S/C22H29N2O5P/c1-17(24-28-14-12-18-5-3-2-4-6-18)19-7-9-20(10-8-19)21-11-13-22(23,15-21)16-29-30(25,26)27/h2-10,21H,11-16,23H2,1H3,(H2,25,26,27)/b24-17+/t21-,22+/m0/s1. The van der Waals surface area contributed by atoms with Crippen LogP contribution >= 0.6 is 7.82 Å². The Morgan fingerprint density at radius 3 is 2.57 bits per heavy atom. The zero-order valence-electron chi connectivity index (χ0n) is 17.1. The Morgan fingerprint density at radius 2 is 1.90 bits per heavy atom. The first-order valence-corrected chi connectivity index (χ1v) is 11.6. The molecule has 0 saturated heterocycles. The molecule has 0 heterocycles. The Labute approximate surface area is 177 Å². The Morgan fingerprint density at radius 1 is 1.20 bits per heavy atom. The van der Waals surface area contributed by atoms with Crippen LogP contribution in [0.2, 0.25) is 0 Å². The molecule has 0 spiro atoms. The summed E-state index contributed by atoms with van der Waals surface area (Å²) in [6.45, 7) is 2.30.